The molecule has 0 bridgehead atoms. The molecule has 3 aromatic rings. The molecular weight excluding hydrogens is 413 g/mol. The smallest absolute Gasteiger partial charge is 0.270 e. The molecule has 2 aromatic carbocycles. The highest BCUT2D eigenvalue weighted by molar-refractivity contribution is 5.85. The van der Waals surface area contributed by atoms with Gasteiger partial charge in [0.05, 0.1) is 11.0 Å². The normalized spacial score (nSPS) is 15.7. The molecule has 1 aromatic heterocycles. The van der Waals surface area contributed by atoms with Crippen molar-refractivity contribution in [1.29, 1.82) is 0 Å². The highest BCUT2D eigenvalue weighted by Crippen LogP contribution is 2.28. The number of nitro benzene ring substituents is 1. The van der Waals surface area contributed by atoms with Crippen molar-refractivity contribution in [3.63, 3.8) is 0 Å². The average molecular weight is 439 g/mol. The summed E-state index contributed by atoms with van der Waals surface area (Å²) in [6.45, 7) is 5.45. The number of piperazine rings is 1. The largest absolute Gasteiger partial charge is 0.369 e. The number of non-ortho nitro benzene ring substituents is 1. The molecule has 32 heavy (non-hydrogen) atoms. The summed E-state index contributed by atoms with van der Waals surface area (Å²) in [5, 5.41) is 14.6. The number of carbonyl (C=O) groups is 1. The number of rotatable bonds is 6. The van der Waals surface area contributed by atoms with Crippen molar-refractivity contribution in [3.05, 3.63) is 70.2 Å². The lowest BCUT2D eigenvalue weighted by molar-refractivity contribution is -0.384. The number of aromatic nitrogens is 1. The van der Waals surface area contributed by atoms with Crippen molar-refractivity contribution in [1.82, 2.24) is 14.8 Å². The first kappa shape index (κ1) is 21.8. The Balaban J connectivity index is 1.49. The van der Waals surface area contributed by atoms with E-state index in [9.17, 15) is 19.3 Å². The topological polar surface area (TPSA) is 83.6 Å². The van der Waals surface area contributed by atoms with Gasteiger partial charge in [-0.15, -0.1) is 0 Å². The highest BCUT2D eigenvalue weighted by Gasteiger charge is 2.21. The van der Waals surface area contributed by atoms with E-state index in [-0.39, 0.29) is 30.0 Å². The van der Waals surface area contributed by atoms with Gasteiger partial charge in [0.15, 0.2) is 0 Å². The number of fused-ring (bicyclic) bond motifs is 1. The van der Waals surface area contributed by atoms with Crippen LogP contribution >= 0.6 is 0 Å². The van der Waals surface area contributed by atoms with Gasteiger partial charge in [-0.1, -0.05) is 0 Å². The Morgan fingerprint density at radius 3 is 2.62 bits per heavy atom. The van der Waals surface area contributed by atoms with Crippen LogP contribution in [-0.4, -0.2) is 53.5 Å². The summed E-state index contributed by atoms with van der Waals surface area (Å²) in [5.41, 5.74) is 2.43. The number of hydrogen-bond donors (Lipinski definition) is 1. The summed E-state index contributed by atoms with van der Waals surface area (Å²) < 4.78 is 15.8. The van der Waals surface area contributed by atoms with E-state index in [0.717, 1.165) is 42.9 Å². The van der Waals surface area contributed by atoms with Crippen molar-refractivity contribution in [2.24, 2.45) is 0 Å². The van der Waals surface area contributed by atoms with Crippen molar-refractivity contribution in [2.45, 2.75) is 19.5 Å². The van der Waals surface area contributed by atoms with Gasteiger partial charge < -0.3 is 19.7 Å². The fourth-order valence-electron chi connectivity index (χ4n) is 4.17. The average Bonchev–Trinajstić information content (AvgIpc) is 3.16. The van der Waals surface area contributed by atoms with E-state index >= 15 is 0 Å². The summed E-state index contributed by atoms with van der Waals surface area (Å²) >= 11 is 0. The first-order valence-corrected chi connectivity index (χ1v) is 10.6. The van der Waals surface area contributed by atoms with Gasteiger partial charge in [-0.25, -0.2) is 4.39 Å². The van der Waals surface area contributed by atoms with Crippen molar-refractivity contribution < 1.29 is 14.1 Å². The number of anilines is 1. The Morgan fingerprint density at radius 2 is 1.91 bits per heavy atom. The standard InChI is InChI=1S/C23H26FN5O3/c1-16(20-14-18(24)3-5-22(20)27-11-9-26(2)10-12-27)25-23(30)15-28-8-7-17-13-19(29(31)32)4-6-21(17)28/h3-8,13-14,16H,9-12,15H2,1-2H3,(H,25,30). The van der Waals surface area contributed by atoms with Crippen LogP contribution in [0, 0.1) is 15.9 Å². The lowest BCUT2D eigenvalue weighted by Gasteiger charge is -2.36. The summed E-state index contributed by atoms with van der Waals surface area (Å²) in [7, 11) is 2.08. The summed E-state index contributed by atoms with van der Waals surface area (Å²) in [4.78, 5) is 27.8. The third-order valence-electron chi connectivity index (χ3n) is 5.96. The number of carbonyl (C=O) groups excluding carboxylic acids is 1. The molecule has 8 nitrogen and oxygen atoms in total. The van der Waals surface area contributed by atoms with Crippen LogP contribution in [0.15, 0.2) is 48.7 Å². The second kappa shape index (κ2) is 8.96. The summed E-state index contributed by atoms with van der Waals surface area (Å²) in [5.74, 6) is -0.557. The van der Waals surface area contributed by atoms with Crippen molar-refractivity contribution in [3.8, 4) is 0 Å². The fraction of sp³-hybridized carbons (Fsp3) is 0.348. The summed E-state index contributed by atoms with van der Waals surface area (Å²) in [6, 6.07) is 10.6. The van der Waals surface area contributed by atoms with Crippen molar-refractivity contribution in [2.75, 3.05) is 38.1 Å². The molecular formula is C23H26FN5O3. The van der Waals surface area contributed by atoms with Gasteiger partial charge in [0.25, 0.3) is 5.69 Å². The van der Waals surface area contributed by atoms with Gasteiger partial charge in [-0.3, -0.25) is 14.9 Å². The minimum absolute atomic E-state index is 0.0101. The minimum atomic E-state index is -0.442. The molecule has 0 radical (unpaired) electrons. The lowest BCUT2D eigenvalue weighted by Crippen LogP contribution is -2.45. The quantitative estimate of drug-likeness (QED) is 0.471. The predicted molar refractivity (Wildman–Crippen MR) is 121 cm³/mol. The maximum Gasteiger partial charge on any atom is 0.270 e. The van der Waals surface area contributed by atoms with E-state index in [2.05, 4.69) is 22.2 Å². The third kappa shape index (κ3) is 4.57. The maximum absolute atomic E-state index is 14.1. The molecule has 9 heteroatoms. The number of nitrogens with zero attached hydrogens (tertiary/aromatic N) is 4. The number of hydrogen-bond acceptors (Lipinski definition) is 5. The number of nitro groups is 1. The van der Waals surface area contributed by atoms with Gasteiger partial charge in [0.1, 0.15) is 12.4 Å². The van der Waals surface area contributed by atoms with Crippen molar-refractivity contribution >= 4 is 28.2 Å². The Labute approximate surface area is 185 Å². The first-order valence-electron chi connectivity index (χ1n) is 10.6. The van der Waals surface area contributed by atoms with Crippen LogP contribution in [0.3, 0.4) is 0 Å². The number of halogens is 1. The van der Waals surface area contributed by atoms with E-state index < -0.39 is 4.92 Å². The minimum Gasteiger partial charge on any atom is -0.369 e. The van der Waals surface area contributed by atoms with Gasteiger partial charge in [-0.05, 0) is 44.3 Å². The molecule has 1 saturated heterocycles. The van der Waals surface area contributed by atoms with Crippen LogP contribution in [0.5, 0.6) is 0 Å². The third-order valence-corrected chi connectivity index (χ3v) is 5.96. The molecule has 2 heterocycles. The zero-order valence-corrected chi connectivity index (χ0v) is 18.1. The summed E-state index contributed by atoms with van der Waals surface area (Å²) in [6.07, 6.45) is 1.73. The molecule has 4 rings (SSSR count). The number of likely N-dealkylation sites (N-methyl/N-ethyl adjacent to an activating group) is 1. The molecule has 168 valence electrons. The zero-order valence-electron chi connectivity index (χ0n) is 18.1. The van der Waals surface area contributed by atoms with E-state index in [1.807, 2.05) is 6.92 Å². The van der Waals surface area contributed by atoms with Gasteiger partial charge in [-0.2, -0.15) is 0 Å². The fourth-order valence-corrected chi connectivity index (χ4v) is 4.17. The molecule has 1 aliphatic rings. The van der Waals surface area contributed by atoms with E-state index in [4.69, 9.17) is 0 Å². The van der Waals surface area contributed by atoms with E-state index in [1.54, 1.807) is 29.0 Å². The molecule has 0 saturated carbocycles. The predicted octanol–water partition coefficient (Wildman–Crippen LogP) is 3.32. The number of nitrogens with one attached hydrogen (secondary N) is 1. The Morgan fingerprint density at radius 1 is 1.16 bits per heavy atom. The second-order valence-corrected chi connectivity index (χ2v) is 8.23. The molecule has 0 aliphatic carbocycles. The van der Waals surface area contributed by atoms with Crippen LogP contribution in [0.4, 0.5) is 15.8 Å². The maximum atomic E-state index is 14.1. The zero-order chi connectivity index (χ0) is 22.8. The Bertz CT molecular complexity index is 1150. The van der Waals surface area contributed by atoms with Crippen LogP contribution in [0.1, 0.15) is 18.5 Å². The number of amides is 1. The lowest BCUT2D eigenvalue weighted by atomic mass is 10.0. The molecule has 1 aliphatic heterocycles. The monoisotopic (exact) mass is 439 g/mol. The van der Waals surface area contributed by atoms with Gasteiger partial charge >= 0.3 is 0 Å². The van der Waals surface area contributed by atoms with Gasteiger partial charge in [0.2, 0.25) is 5.91 Å². The molecule has 1 N–H and O–H groups in total. The van der Waals surface area contributed by atoms with Crippen LogP contribution in [-0.2, 0) is 11.3 Å². The molecule has 1 amide bonds. The Kier molecular flexibility index (Phi) is 6.09. The highest BCUT2D eigenvalue weighted by atomic mass is 19.1. The molecule has 1 fully saturated rings. The van der Waals surface area contributed by atoms with E-state index in [1.165, 1.54) is 24.3 Å². The SMILES string of the molecule is CC(NC(=O)Cn1ccc2cc([N+](=O)[O-])ccc21)c1cc(F)ccc1N1CCN(C)CC1. The Hall–Kier alpha value is -3.46. The van der Waals surface area contributed by atoms with Crippen LogP contribution in [0.25, 0.3) is 10.9 Å². The first-order chi connectivity index (χ1) is 15.3. The molecule has 0 spiro atoms. The van der Waals surface area contributed by atoms with Crippen LogP contribution < -0.4 is 10.2 Å². The molecule has 1 unspecified atom stereocenters. The molecule has 1 atom stereocenters. The van der Waals surface area contributed by atoms with E-state index in [0.29, 0.717) is 5.39 Å². The number of benzene rings is 2. The van der Waals surface area contributed by atoms with Gasteiger partial charge in [0, 0.05) is 66.7 Å². The van der Waals surface area contributed by atoms with Crippen LogP contribution in [0.2, 0.25) is 0 Å². The second-order valence-electron chi connectivity index (χ2n) is 8.23.